The molecule has 0 aromatic heterocycles. The van der Waals surface area contributed by atoms with E-state index in [1.807, 2.05) is 0 Å². The summed E-state index contributed by atoms with van der Waals surface area (Å²) in [6.45, 7) is 11.7. The number of ether oxygens (including phenoxy) is 1. The summed E-state index contributed by atoms with van der Waals surface area (Å²) in [7, 11) is 0. The topological polar surface area (TPSA) is 84.5 Å². The number of rotatable bonds is 5. The van der Waals surface area contributed by atoms with E-state index in [2.05, 4.69) is 23.8 Å². The summed E-state index contributed by atoms with van der Waals surface area (Å²) in [5, 5.41) is 4.22. The Bertz CT molecular complexity index is 366. The molecule has 0 aromatic carbocycles. The number of esters is 1. The third-order valence-corrected chi connectivity index (χ3v) is 1.42. The summed E-state index contributed by atoms with van der Waals surface area (Å²) in [6, 6.07) is 0. The van der Waals surface area contributed by atoms with Crippen LogP contribution in [0, 0.1) is 0 Å². The van der Waals surface area contributed by atoms with Crippen molar-refractivity contribution in [2.24, 2.45) is 0 Å². The van der Waals surface area contributed by atoms with E-state index in [4.69, 9.17) is 4.74 Å². The van der Waals surface area contributed by atoms with Crippen LogP contribution >= 0.6 is 0 Å². The highest BCUT2D eigenvalue weighted by Crippen LogP contribution is 2.09. The van der Waals surface area contributed by atoms with Crippen LogP contribution < -0.4 is 10.6 Å². The molecule has 0 unspecified atom stereocenters. The van der Waals surface area contributed by atoms with Crippen LogP contribution in [0.5, 0.6) is 0 Å². The average molecular weight is 240 g/mol. The Labute approximate surface area is 99.7 Å². The van der Waals surface area contributed by atoms with E-state index in [1.54, 1.807) is 20.8 Å². The van der Waals surface area contributed by atoms with Crippen molar-refractivity contribution in [3.05, 3.63) is 24.6 Å². The average Bonchev–Trinajstić information content (AvgIpc) is 2.15. The van der Waals surface area contributed by atoms with Crippen LogP contribution in [0.25, 0.3) is 0 Å². The van der Waals surface area contributed by atoms with Gasteiger partial charge in [0.15, 0.2) is 0 Å². The van der Waals surface area contributed by atoms with Gasteiger partial charge in [0.1, 0.15) is 11.3 Å². The van der Waals surface area contributed by atoms with Gasteiger partial charge in [-0.25, -0.2) is 4.79 Å². The first-order valence-electron chi connectivity index (χ1n) is 4.80. The van der Waals surface area contributed by atoms with E-state index < -0.39 is 17.5 Å². The lowest BCUT2D eigenvalue weighted by Gasteiger charge is -2.20. The van der Waals surface area contributed by atoms with Crippen molar-refractivity contribution in [2.45, 2.75) is 26.4 Å². The zero-order chi connectivity index (χ0) is 13.6. The summed E-state index contributed by atoms with van der Waals surface area (Å²) in [5.74, 6) is -1.47. The molecule has 0 rings (SSSR count). The summed E-state index contributed by atoms with van der Waals surface area (Å²) in [4.78, 5) is 32.8. The molecule has 0 spiro atoms. The van der Waals surface area contributed by atoms with E-state index in [0.717, 1.165) is 0 Å². The van der Waals surface area contributed by atoms with E-state index in [9.17, 15) is 14.4 Å². The molecule has 17 heavy (non-hydrogen) atoms. The molecule has 2 N–H and O–H groups in total. The molecular formula is C11H16N2O4. The van der Waals surface area contributed by atoms with Gasteiger partial charge in [-0.15, -0.1) is 0 Å². The van der Waals surface area contributed by atoms with Gasteiger partial charge >= 0.3 is 5.97 Å². The lowest BCUT2D eigenvalue weighted by atomic mass is 10.2. The van der Waals surface area contributed by atoms with Gasteiger partial charge in [-0.1, -0.05) is 13.2 Å². The van der Waals surface area contributed by atoms with Crippen molar-refractivity contribution in [1.82, 2.24) is 10.6 Å². The maximum Gasteiger partial charge on any atom is 0.354 e. The fourth-order valence-electron chi connectivity index (χ4n) is 0.740. The molecule has 0 aliphatic heterocycles. The van der Waals surface area contributed by atoms with Crippen molar-refractivity contribution < 1.29 is 19.1 Å². The van der Waals surface area contributed by atoms with Gasteiger partial charge in [0, 0.05) is 0 Å². The molecule has 0 bridgehead atoms. The number of nitrogens with one attached hydrogen (secondary N) is 2. The molecule has 94 valence electrons. The zero-order valence-electron chi connectivity index (χ0n) is 10.1. The maximum atomic E-state index is 11.4. The normalized spacial score (nSPS) is 10.1. The molecule has 0 aliphatic rings. The molecule has 0 radical (unpaired) electrons. The lowest BCUT2D eigenvalue weighted by molar-refractivity contribution is -0.150. The number of carbonyl (C=O) groups is 3. The third-order valence-electron chi connectivity index (χ3n) is 1.42. The Morgan fingerprint density at radius 2 is 1.71 bits per heavy atom. The standard InChI is InChI=1S/C11H16N2O4/c1-7(12-6-14)9(15)13-8(2)10(16)17-11(3,4)5/h6H,1-2H2,3-5H3,(H,12,14)(H,13,15). The number of hydrogen-bond donors (Lipinski definition) is 2. The Balaban J connectivity index is 4.36. The van der Waals surface area contributed by atoms with Crippen LogP contribution in [-0.4, -0.2) is 23.9 Å². The highest BCUT2D eigenvalue weighted by Gasteiger charge is 2.20. The Hall–Kier alpha value is -2.11. The Morgan fingerprint density at radius 3 is 2.12 bits per heavy atom. The second-order valence-corrected chi connectivity index (χ2v) is 4.18. The summed E-state index contributed by atoms with van der Waals surface area (Å²) in [6.07, 6.45) is 0.304. The van der Waals surface area contributed by atoms with Crippen molar-refractivity contribution in [1.29, 1.82) is 0 Å². The Kier molecular flexibility index (Phi) is 5.11. The largest absolute Gasteiger partial charge is 0.455 e. The van der Waals surface area contributed by atoms with Gasteiger partial charge in [0.25, 0.3) is 5.91 Å². The first kappa shape index (κ1) is 14.9. The molecule has 2 amide bonds. The van der Waals surface area contributed by atoms with E-state index in [0.29, 0.717) is 6.41 Å². The fraction of sp³-hybridized carbons (Fsp3) is 0.364. The van der Waals surface area contributed by atoms with E-state index in [-0.39, 0.29) is 11.4 Å². The quantitative estimate of drug-likeness (QED) is 0.409. The second-order valence-electron chi connectivity index (χ2n) is 4.18. The highest BCUT2D eigenvalue weighted by molar-refractivity contribution is 6.00. The van der Waals surface area contributed by atoms with E-state index >= 15 is 0 Å². The zero-order valence-corrected chi connectivity index (χ0v) is 10.1. The van der Waals surface area contributed by atoms with Crippen LogP contribution in [0.15, 0.2) is 24.6 Å². The molecule has 0 heterocycles. The van der Waals surface area contributed by atoms with Crippen LogP contribution in [0.2, 0.25) is 0 Å². The minimum absolute atomic E-state index is 0.190. The van der Waals surface area contributed by atoms with E-state index in [1.165, 1.54) is 0 Å². The third kappa shape index (κ3) is 6.14. The SMILES string of the molecule is C=C(NC=O)C(=O)NC(=C)C(=O)OC(C)(C)C. The molecule has 0 saturated carbocycles. The predicted molar refractivity (Wildman–Crippen MR) is 61.5 cm³/mol. The highest BCUT2D eigenvalue weighted by atomic mass is 16.6. The minimum Gasteiger partial charge on any atom is -0.455 e. The molecular weight excluding hydrogens is 224 g/mol. The first-order chi connectivity index (χ1) is 7.67. The van der Waals surface area contributed by atoms with Crippen LogP contribution in [0.3, 0.4) is 0 Å². The van der Waals surface area contributed by atoms with Crippen molar-refractivity contribution in [3.63, 3.8) is 0 Å². The smallest absolute Gasteiger partial charge is 0.354 e. The molecule has 0 fully saturated rings. The van der Waals surface area contributed by atoms with Gasteiger partial charge in [0.05, 0.1) is 5.70 Å². The van der Waals surface area contributed by atoms with Gasteiger partial charge in [-0.2, -0.15) is 0 Å². The van der Waals surface area contributed by atoms with Gasteiger partial charge < -0.3 is 15.4 Å². The monoisotopic (exact) mass is 240 g/mol. The molecule has 0 aliphatic carbocycles. The summed E-state index contributed by atoms with van der Waals surface area (Å²) in [5.41, 5.74) is -1.09. The second kappa shape index (κ2) is 5.83. The van der Waals surface area contributed by atoms with Crippen LogP contribution in [0.4, 0.5) is 0 Å². The number of hydrogen-bond acceptors (Lipinski definition) is 4. The first-order valence-corrected chi connectivity index (χ1v) is 4.80. The van der Waals surface area contributed by atoms with Gasteiger partial charge in [-0.05, 0) is 20.8 Å². The lowest BCUT2D eigenvalue weighted by Crippen LogP contribution is -2.35. The van der Waals surface area contributed by atoms with Crippen LogP contribution in [0.1, 0.15) is 20.8 Å². The Morgan fingerprint density at radius 1 is 1.18 bits per heavy atom. The van der Waals surface area contributed by atoms with Crippen LogP contribution in [-0.2, 0) is 19.1 Å². The summed E-state index contributed by atoms with van der Waals surface area (Å²) >= 11 is 0. The summed E-state index contributed by atoms with van der Waals surface area (Å²) < 4.78 is 4.97. The van der Waals surface area contributed by atoms with Gasteiger partial charge in [-0.3, -0.25) is 9.59 Å². The number of amides is 2. The molecule has 0 saturated heterocycles. The maximum absolute atomic E-state index is 11.4. The molecule has 0 aromatic rings. The number of carbonyl (C=O) groups excluding carboxylic acids is 3. The fourth-order valence-corrected chi connectivity index (χ4v) is 0.740. The van der Waals surface area contributed by atoms with Crippen molar-refractivity contribution >= 4 is 18.3 Å². The molecule has 6 heteroatoms. The molecule has 0 atom stereocenters. The molecule has 6 nitrogen and oxygen atoms in total. The van der Waals surface area contributed by atoms with Gasteiger partial charge in [0.2, 0.25) is 6.41 Å². The van der Waals surface area contributed by atoms with Crippen molar-refractivity contribution in [3.8, 4) is 0 Å². The van der Waals surface area contributed by atoms with Crippen molar-refractivity contribution in [2.75, 3.05) is 0 Å². The minimum atomic E-state index is -0.746. The predicted octanol–water partition coefficient (Wildman–Crippen LogP) is 0.218.